The Morgan fingerprint density at radius 2 is 2.16 bits per heavy atom. The van der Waals surface area contributed by atoms with Gasteiger partial charge in [-0.2, -0.15) is 11.8 Å². The van der Waals surface area contributed by atoms with Crippen molar-refractivity contribution in [2.45, 2.75) is 38.4 Å². The lowest BCUT2D eigenvalue weighted by Crippen LogP contribution is -2.50. The molecule has 19 heavy (non-hydrogen) atoms. The van der Waals surface area contributed by atoms with Gasteiger partial charge in [-0.15, -0.1) is 0 Å². The molecule has 1 fully saturated rings. The lowest BCUT2D eigenvalue weighted by Gasteiger charge is -2.48. The summed E-state index contributed by atoms with van der Waals surface area (Å²) in [6, 6.07) is 5.91. The third kappa shape index (κ3) is 2.67. The van der Waals surface area contributed by atoms with Crippen LogP contribution in [-0.2, 0) is 0 Å². The van der Waals surface area contributed by atoms with Crippen LogP contribution in [0.5, 0.6) is 5.75 Å². The summed E-state index contributed by atoms with van der Waals surface area (Å²) >= 11 is 5.39. The number of rotatable bonds is 0. The first-order valence-corrected chi connectivity index (χ1v) is 8.58. The van der Waals surface area contributed by atoms with Gasteiger partial charge >= 0.3 is 0 Å². The van der Waals surface area contributed by atoms with Crippen LogP contribution in [0.3, 0.4) is 0 Å². The Morgan fingerprint density at radius 3 is 2.89 bits per heavy atom. The third-order valence-corrected chi connectivity index (χ3v) is 6.09. The summed E-state index contributed by atoms with van der Waals surface area (Å²) in [4.78, 5) is 0. The highest BCUT2D eigenvalue weighted by atomic mass is 79.9. The highest BCUT2D eigenvalue weighted by Gasteiger charge is 2.46. The van der Waals surface area contributed by atoms with Crippen molar-refractivity contribution in [1.29, 1.82) is 0 Å². The van der Waals surface area contributed by atoms with Crippen molar-refractivity contribution in [1.82, 2.24) is 0 Å². The van der Waals surface area contributed by atoms with Gasteiger partial charge in [0.25, 0.3) is 0 Å². The predicted octanol–water partition coefficient (Wildman–Crippen LogP) is 4.17. The maximum atomic E-state index is 10.5. The van der Waals surface area contributed by atoms with E-state index < -0.39 is 6.10 Å². The van der Waals surface area contributed by atoms with Crippen LogP contribution in [0.25, 0.3) is 0 Å². The van der Waals surface area contributed by atoms with Crippen molar-refractivity contribution in [2.24, 2.45) is 5.41 Å². The molecule has 4 heteroatoms. The summed E-state index contributed by atoms with van der Waals surface area (Å²) in [5, 5.41) is 10.5. The van der Waals surface area contributed by atoms with Crippen LogP contribution in [0, 0.1) is 5.41 Å². The number of ether oxygens (including phenoxy) is 1. The molecular formula is C15H19BrO2S. The molecule has 2 nitrogen and oxygen atoms in total. The van der Waals surface area contributed by atoms with E-state index >= 15 is 0 Å². The molecule has 3 rings (SSSR count). The van der Waals surface area contributed by atoms with Gasteiger partial charge in [0.05, 0.1) is 6.10 Å². The minimum Gasteiger partial charge on any atom is -0.486 e. The van der Waals surface area contributed by atoms with Gasteiger partial charge in [-0.3, -0.25) is 0 Å². The van der Waals surface area contributed by atoms with E-state index in [2.05, 4.69) is 29.8 Å². The predicted molar refractivity (Wildman–Crippen MR) is 82.8 cm³/mol. The highest BCUT2D eigenvalue weighted by molar-refractivity contribution is 9.10. The molecular weight excluding hydrogens is 324 g/mol. The standard InChI is InChI=1S/C15H19BrO2S/c1-14(2)7-15(9-19-8-14)6-12(17)11-5-10(16)3-4-13(11)18-15/h3-5,12,17H,6-9H2,1-2H3/t12-,15?/m0/s1. The molecule has 0 amide bonds. The van der Waals surface area contributed by atoms with E-state index in [0.717, 1.165) is 28.0 Å². The molecule has 1 aromatic carbocycles. The molecule has 0 saturated carbocycles. The Morgan fingerprint density at radius 1 is 1.37 bits per heavy atom. The first-order valence-electron chi connectivity index (χ1n) is 6.64. The first kappa shape index (κ1) is 13.8. The van der Waals surface area contributed by atoms with Crippen LogP contribution in [0.2, 0.25) is 0 Å². The van der Waals surface area contributed by atoms with E-state index in [0.29, 0.717) is 6.42 Å². The minimum atomic E-state index is -0.421. The quantitative estimate of drug-likeness (QED) is 0.767. The smallest absolute Gasteiger partial charge is 0.126 e. The Bertz CT molecular complexity index is 503. The average Bonchev–Trinajstić information content (AvgIpc) is 2.29. The van der Waals surface area contributed by atoms with Gasteiger partial charge in [0.2, 0.25) is 0 Å². The molecule has 0 aromatic heterocycles. The van der Waals surface area contributed by atoms with E-state index in [9.17, 15) is 5.11 Å². The largest absolute Gasteiger partial charge is 0.486 e. The average molecular weight is 343 g/mol. The van der Waals surface area contributed by atoms with Crippen LogP contribution in [0.15, 0.2) is 22.7 Å². The van der Waals surface area contributed by atoms with Gasteiger partial charge in [-0.1, -0.05) is 29.8 Å². The Hall–Kier alpha value is -0.190. The summed E-state index contributed by atoms with van der Waals surface area (Å²) in [5.74, 6) is 2.99. The maximum absolute atomic E-state index is 10.5. The van der Waals surface area contributed by atoms with E-state index in [1.54, 1.807) is 0 Å². The zero-order chi connectivity index (χ0) is 13.7. The van der Waals surface area contributed by atoms with Gasteiger partial charge < -0.3 is 9.84 Å². The fraction of sp³-hybridized carbons (Fsp3) is 0.600. The molecule has 104 valence electrons. The summed E-state index contributed by atoms with van der Waals surface area (Å²) in [6.45, 7) is 4.57. The van der Waals surface area contributed by atoms with Crippen molar-refractivity contribution >= 4 is 27.7 Å². The van der Waals surface area contributed by atoms with Gasteiger partial charge in [-0.25, -0.2) is 0 Å². The highest BCUT2D eigenvalue weighted by Crippen LogP contribution is 2.49. The van der Waals surface area contributed by atoms with Crippen LogP contribution in [0.4, 0.5) is 0 Å². The normalized spacial score (nSPS) is 32.7. The molecule has 1 N–H and O–H groups in total. The molecule has 1 unspecified atom stereocenters. The molecule has 0 aliphatic carbocycles. The summed E-state index contributed by atoms with van der Waals surface area (Å²) in [5.41, 5.74) is 0.982. The number of thioether (sulfide) groups is 1. The van der Waals surface area contributed by atoms with Crippen LogP contribution >= 0.6 is 27.7 Å². The zero-order valence-electron chi connectivity index (χ0n) is 11.3. The molecule has 1 saturated heterocycles. The molecule has 2 heterocycles. The molecule has 1 aromatic rings. The van der Waals surface area contributed by atoms with Crippen LogP contribution < -0.4 is 4.74 Å². The molecule has 1 spiro atoms. The summed E-state index contributed by atoms with van der Waals surface area (Å²) < 4.78 is 7.31. The monoisotopic (exact) mass is 342 g/mol. The van der Waals surface area contributed by atoms with Gasteiger partial charge in [0.15, 0.2) is 0 Å². The molecule has 2 aliphatic rings. The molecule has 0 radical (unpaired) electrons. The maximum Gasteiger partial charge on any atom is 0.126 e. The number of benzene rings is 1. The summed E-state index contributed by atoms with van der Waals surface area (Å²) in [7, 11) is 0. The number of fused-ring (bicyclic) bond motifs is 1. The number of aliphatic hydroxyl groups excluding tert-OH is 1. The first-order chi connectivity index (χ1) is 8.89. The van der Waals surface area contributed by atoms with E-state index in [-0.39, 0.29) is 11.0 Å². The van der Waals surface area contributed by atoms with Crippen molar-refractivity contribution in [3.8, 4) is 5.75 Å². The number of hydrogen-bond donors (Lipinski definition) is 1. The fourth-order valence-electron chi connectivity index (χ4n) is 3.29. The molecule has 2 aliphatic heterocycles. The van der Waals surface area contributed by atoms with E-state index in [1.165, 1.54) is 5.75 Å². The third-order valence-electron chi connectivity index (χ3n) is 3.88. The van der Waals surface area contributed by atoms with Gasteiger partial charge in [0.1, 0.15) is 11.4 Å². The number of aliphatic hydroxyl groups is 1. The second-order valence-electron chi connectivity index (χ2n) is 6.52. The SMILES string of the molecule is CC1(C)CSCC2(C[C@H](O)c3cc(Br)ccc3O2)C1. The van der Waals surface area contributed by atoms with Crippen molar-refractivity contribution in [2.75, 3.05) is 11.5 Å². The van der Waals surface area contributed by atoms with Crippen LogP contribution in [-0.4, -0.2) is 22.2 Å². The number of hydrogen-bond acceptors (Lipinski definition) is 3. The summed E-state index contributed by atoms with van der Waals surface area (Å²) in [6.07, 6.45) is 1.29. The second kappa shape index (κ2) is 4.68. The van der Waals surface area contributed by atoms with Gasteiger partial charge in [-0.05, 0) is 35.8 Å². The zero-order valence-corrected chi connectivity index (χ0v) is 13.7. The van der Waals surface area contributed by atoms with Crippen LogP contribution in [0.1, 0.15) is 38.4 Å². The van der Waals surface area contributed by atoms with Crippen molar-refractivity contribution in [3.05, 3.63) is 28.2 Å². The van der Waals surface area contributed by atoms with Gasteiger partial charge in [0, 0.05) is 22.2 Å². The Balaban J connectivity index is 1.94. The van der Waals surface area contributed by atoms with Crippen molar-refractivity contribution < 1.29 is 9.84 Å². The molecule has 2 atom stereocenters. The Labute approximate surface area is 127 Å². The fourth-order valence-corrected chi connectivity index (χ4v) is 5.08. The van der Waals surface area contributed by atoms with E-state index in [1.807, 2.05) is 30.0 Å². The molecule has 0 bridgehead atoms. The number of halogens is 1. The topological polar surface area (TPSA) is 29.5 Å². The lowest BCUT2D eigenvalue weighted by atomic mass is 9.77. The van der Waals surface area contributed by atoms with Crippen molar-refractivity contribution in [3.63, 3.8) is 0 Å². The lowest BCUT2D eigenvalue weighted by molar-refractivity contribution is -0.0255. The van der Waals surface area contributed by atoms with E-state index in [4.69, 9.17) is 4.74 Å². The second-order valence-corrected chi connectivity index (χ2v) is 8.42. The minimum absolute atomic E-state index is 0.202. The Kier molecular flexibility index (Phi) is 3.39.